The second-order valence-corrected chi connectivity index (χ2v) is 5.00. The molecule has 0 bridgehead atoms. The molecule has 17 heavy (non-hydrogen) atoms. The average Bonchev–Trinajstić information content (AvgIpc) is 2.24. The fourth-order valence-electron chi connectivity index (χ4n) is 1.78. The van der Waals surface area contributed by atoms with Gasteiger partial charge in [0, 0.05) is 17.5 Å². The quantitative estimate of drug-likeness (QED) is 0.541. The normalized spacial score (nSPS) is 13.9. The summed E-state index contributed by atoms with van der Waals surface area (Å²) in [4.78, 5) is 0. The van der Waals surface area contributed by atoms with Gasteiger partial charge in [-0.05, 0) is 38.3 Å². The highest BCUT2D eigenvalue weighted by atomic mass is 14.9. The molecule has 0 amide bonds. The second kappa shape index (κ2) is 9.23. The minimum absolute atomic E-state index is 0.428. The van der Waals surface area contributed by atoms with E-state index in [1.165, 1.54) is 12.8 Å². The molecule has 4 N–H and O–H groups in total. The molecule has 0 aromatic rings. The summed E-state index contributed by atoms with van der Waals surface area (Å²) in [7, 11) is 0. The summed E-state index contributed by atoms with van der Waals surface area (Å²) in [6, 6.07) is 0.452. The Morgan fingerprint density at radius 3 is 2.41 bits per heavy atom. The average molecular weight is 239 g/mol. The van der Waals surface area contributed by atoms with Gasteiger partial charge in [-0.2, -0.15) is 0 Å². The van der Waals surface area contributed by atoms with Crippen LogP contribution in [-0.4, -0.2) is 18.3 Å². The van der Waals surface area contributed by atoms with Crippen molar-refractivity contribution < 1.29 is 0 Å². The highest BCUT2D eigenvalue weighted by Crippen LogP contribution is 2.12. The van der Waals surface area contributed by atoms with Gasteiger partial charge in [0.1, 0.15) is 0 Å². The highest BCUT2D eigenvalue weighted by molar-refractivity contribution is 5.90. The van der Waals surface area contributed by atoms with Crippen LogP contribution in [0.1, 0.15) is 53.4 Å². The van der Waals surface area contributed by atoms with E-state index in [9.17, 15) is 0 Å². The molecular formula is C14H29N3. The van der Waals surface area contributed by atoms with Crippen molar-refractivity contribution >= 4 is 5.71 Å². The van der Waals surface area contributed by atoms with E-state index in [0.717, 1.165) is 25.1 Å². The van der Waals surface area contributed by atoms with Crippen molar-refractivity contribution in [1.82, 2.24) is 5.32 Å². The maximum Gasteiger partial charge on any atom is 0.0300 e. The molecule has 0 saturated carbocycles. The summed E-state index contributed by atoms with van der Waals surface area (Å²) < 4.78 is 0. The van der Waals surface area contributed by atoms with Gasteiger partial charge in [0.05, 0.1) is 0 Å². The smallest absolute Gasteiger partial charge is 0.0300 e. The van der Waals surface area contributed by atoms with Crippen LogP contribution in [0.3, 0.4) is 0 Å². The fraction of sp³-hybridized carbons (Fsp3) is 0.786. The first-order valence-electron chi connectivity index (χ1n) is 6.74. The molecule has 0 fully saturated rings. The van der Waals surface area contributed by atoms with E-state index < -0.39 is 0 Å². The number of allylic oxidation sites excluding steroid dienone is 2. The molecule has 0 aromatic heterocycles. The van der Waals surface area contributed by atoms with Crippen LogP contribution in [0.4, 0.5) is 0 Å². The van der Waals surface area contributed by atoms with E-state index in [-0.39, 0.29) is 0 Å². The summed E-state index contributed by atoms with van der Waals surface area (Å²) in [5.41, 5.74) is 7.41. The number of unbranched alkanes of at least 4 members (excludes halogenated alkanes) is 1. The summed E-state index contributed by atoms with van der Waals surface area (Å²) in [6.07, 6.45) is 6.54. The van der Waals surface area contributed by atoms with Gasteiger partial charge in [0.2, 0.25) is 0 Å². The van der Waals surface area contributed by atoms with Crippen LogP contribution in [0, 0.1) is 11.3 Å². The van der Waals surface area contributed by atoms with Crippen molar-refractivity contribution in [2.45, 2.75) is 59.4 Å². The van der Waals surface area contributed by atoms with Gasteiger partial charge in [-0.3, -0.25) is 0 Å². The predicted molar refractivity (Wildman–Crippen MR) is 76.4 cm³/mol. The Balaban J connectivity index is 4.50. The van der Waals surface area contributed by atoms with E-state index in [1.807, 2.05) is 13.0 Å². The lowest BCUT2D eigenvalue weighted by molar-refractivity contribution is 0.458. The maximum absolute atomic E-state index is 7.56. The molecule has 0 aliphatic heterocycles. The third-order valence-corrected chi connectivity index (χ3v) is 2.79. The van der Waals surface area contributed by atoms with Gasteiger partial charge in [-0.1, -0.05) is 33.6 Å². The summed E-state index contributed by atoms with van der Waals surface area (Å²) in [5, 5.41) is 11.1. The summed E-state index contributed by atoms with van der Waals surface area (Å²) >= 11 is 0. The first-order chi connectivity index (χ1) is 8.01. The van der Waals surface area contributed by atoms with Gasteiger partial charge >= 0.3 is 0 Å². The monoisotopic (exact) mass is 239 g/mol. The molecular weight excluding hydrogens is 210 g/mol. The van der Waals surface area contributed by atoms with Crippen LogP contribution < -0.4 is 11.1 Å². The molecule has 100 valence electrons. The van der Waals surface area contributed by atoms with Crippen molar-refractivity contribution in [2.24, 2.45) is 11.7 Å². The van der Waals surface area contributed by atoms with E-state index in [2.05, 4.69) is 26.1 Å². The van der Waals surface area contributed by atoms with Crippen molar-refractivity contribution in [3.05, 3.63) is 11.8 Å². The van der Waals surface area contributed by atoms with Gasteiger partial charge in [-0.25, -0.2) is 0 Å². The van der Waals surface area contributed by atoms with E-state index in [4.69, 9.17) is 11.1 Å². The van der Waals surface area contributed by atoms with E-state index in [1.54, 1.807) is 0 Å². The van der Waals surface area contributed by atoms with Gasteiger partial charge in [-0.15, -0.1) is 0 Å². The molecule has 3 nitrogen and oxygen atoms in total. The number of nitrogens with two attached hydrogens (primary N) is 1. The van der Waals surface area contributed by atoms with Crippen LogP contribution >= 0.6 is 0 Å². The highest BCUT2D eigenvalue weighted by Gasteiger charge is 2.11. The first-order valence-corrected chi connectivity index (χ1v) is 6.74. The second-order valence-electron chi connectivity index (χ2n) is 5.00. The molecule has 0 aromatic carbocycles. The van der Waals surface area contributed by atoms with E-state index >= 15 is 0 Å². The maximum atomic E-state index is 7.56. The number of hydrogen-bond donors (Lipinski definition) is 3. The predicted octanol–water partition coefficient (Wildman–Crippen LogP) is 3.06. The zero-order chi connectivity index (χ0) is 13.3. The van der Waals surface area contributed by atoms with Crippen LogP contribution in [0.15, 0.2) is 11.8 Å². The molecule has 0 saturated heterocycles. The topological polar surface area (TPSA) is 61.9 Å². The molecule has 1 unspecified atom stereocenters. The van der Waals surface area contributed by atoms with Crippen molar-refractivity contribution in [3.63, 3.8) is 0 Å². The zero-order valence-corrected chi connectivity index (χ0v) is 11.8. The third-order valence-electron chi connectivity index (χ3n) is 2.79. The van der Waals surface area contributed by atoms with Gasteiger partial charge in [0.25, 0.3) is 0 Å². The van der Waals surface area contributed by atoms with Crippen molar-refractivity contribution in [3.8, 4) is 0 Å². The zero-order valence-electron chi connectivity index (χ0n) is 11.8. The minimum atomic E-state index is 0.428. The lowest BCUT2D eigenvalue weighted by atomic mass is 10.0. The van der Waals surface area contributed by atoms with Gasteiger partial charge in [0.15, 0.2) is 0 Å². The molecule has 0 rings (SSSR count). The number of nitrogens with one attached hydrogen (secondary N) is 2. The number of rotatable bonds is 9. The Hall–Kier alpha value is -0.830. The Morgan fingerprint density at radius 1 is 1.35 bits per heavy atom. The lowest BCUT2D eigenvalue weighted by Gasteiger charge is -2.23. The largest absolute Gasteiger partial charge is 0.385 e. The van der Waals surface area contributed by atoms with Crippen molar-refractivity contribution in [2.75, 3.05) is 6.54 Å². The summed E-state index contributed by atoms with van der Waals surface area (Å²) in [6.45, 7) is 9.05. The first kappa shape index (κ1) is 16.2. The van der Waals surface area contributed by atoms with Crippen LogP contribution in [0.2, 0.25) is 0 Å². The van der Waals surface area contributed by atoms with Crippen molar-refractivity contribution in [1.29, 1.82) is 5.41 Å². The Bertz CT molecular complexity index is 244. The van der Waals surface area contributed by atoms with Gasteiger partial charge < -0.3 is 16.5 Å². The molecule has 0 spiro atoms. The molecule has 0 radical (unpaired) electrons. The molecule has 1 atom stereocenters. The van der Waals surface area contributed by atoms with E-state index in [0.29, 0.717) is 17.7 Å². The third kappa shape index (κ3) is 7.97. The standard InChI is InChI=1S/C14H29N3/c1-5-6-7-13(8-9-15)17-14(11(2)3)10-12(4)16/h10-11,13,16-17H,5-9,15H2,1-4H3/b14-10-,16-12?. The Morgan fingerprint density at radius 2 is 2.00 bits per heavy atom. The van der Waals surface area contributed by atoms with Crippen LogP contribution in [0.5, 0.6) is 0 Å². The van der Waals surface area contributed by atoms with Crippen LogP contribution in [-0.2, 0) is 0 Å². The molecule has 3 heteroatoms. The fourth-order valence-corrected chi connectivity index (χ4v) is 1.78. The minimum Gasteiger partial charge on any atom is -0.385 e. The number of hydrogen-bond acceptors (Lipinski definition) is 3. The molecule has 0 aliphatic carbocycles. The SMILES string of the molecule is CCCCC(CCN)N/C(=C\C(C)=N)C(C)C. The molecule has 0 aliphatic rings. The summed E-state index contributed by atoms with van der Waals surface area (Å²) in [5.74, 6) is 0.428. The lowest BCUT2D eigenvalue weighted by Crippen LogP contribution is -2.32. The van der Waals surface area contributed by atoms with Crippen LogP contribution in [0.25, 0.3) is 0 Å². The Kier molecular flexibility index (Phi) is 8.78. The molecule has 0 heterocycles. The Labute approximate surface area is 106 Å².